The van der Waals surface area contributed by atoms with Crippen LogP contribution in [-0.2, 0) is 15.7 Å². The molecule has 0 saturated carbocycles. The number of alkyl halides is 3. The SMILES string of the molecule is COC(=O)c1cc(C(F)(F)F)sc1N1CCOCC1. The minimum absolute atomic E-state index is 0.0401. The summed E-state index contributed by atoms with van der Waals surface area (Å²) in [6, 6.07) is 0.849. The second-order valence-corrected chi connectivity index (χ2v) is 4.95. The molecule has 0 bridgehead atoms. The van der Waals surface area contributed by atoms with E-state index < -0.39 is 17.0 Å². The van der Waals surface area contributed by atoms with Gasteiger partial charge in [-0.05, 0) is 6.07 Å². The number of methoxy groups -OCH3 is 1. The molecule has 0 amide bonds. The third-order valence-electron chi connectivity index (χ3n) is 2.70. The smallest absolute Gasteiger partial charge is 0.425 e. The Morgan fingerprint density at radius 2 is 2.05 bits per heavy atom. The highest BCUT2D eigenvalue weighted by Gasteiger charge is 2.36. The number of hydrogen-bond donors (Lipinski definition) is 0. The maximum Gasteiger partial charge on any atom is 0.425 e. The van der Waals surface area contributed by atoms with Crippen molar-refractivity contribution in [1.29, 1.82) is 0 Å². The Balaban J connectivity index is 2.38. The molecule has 19 heavy (non-hydrogen) atoms. The normalized spacial score (nSPS) is 16.5. The number of hydrogen-bond acceptors (Lipinski definition) is 5. The Morgan fingerprint density at radius 3 is 2.58 bits per heavy atom. The molecule has 4 nitrogen and oxygen atoms in total. The molecule has 1 aliphatic rings. The van der Waals surface area contributed by atoms with Gasteiger partial charge in [0.1, 0.15) is 9.88 Å². The summed E-state index contributed by atoms with van der Waals surface area (Å²) in [6.45, 7) is 1.78. The van der Waals surface area contributed by atoms with Gasteiger partial charge in [0.25, 0.3) is 0 Å². The molecule has 2 heterocycles. The van der Waals surface area contributed by atoms with Crippen LogP contribution in [-0.4, -0.2) is 39.4 Å². The lowest BCUT2D eigenvalue weighted by atomic mass is 10.2. The molecular weight excluding hydrogens is 283 g/mol. The van der Waals surface area contributed by atoms with Gasteiger partial charge in [-0.15, -0.1) is 11.3 Å². The number of thiophene rings is 1. The Bertz CT molecular complexity index is 466. The summed E-state index contributed by atoms with van der Waals surface area (Å²) in [6.07, 6.45) is -4.46. The van der Waals surface area contributed by atoms with E-state index in [9.17, 15) is 18.0 Å². The van der Waals surface area contributed by atoms with E-state index >= 15 is 0 Å². The summed E-state index contributed by atoms with van der Waals surface area (Å²) in [7, 11) is 1.15. The van der Waals surface area contributed by atoms with Crippen LogP contribution in [0.3, 0.4) is 0 Å². The first kappa shape index (κ1) is 14.1. The number of carbonyl (C=O) groups excluding carboxylic acids is 1. The predicted molar refractivity (Wildman–Crippen MR) is 63.7 cm³/mol. The summed E-state index contributed by atoms with van der Waals surface area (Å²) in [4.78, 5) is 12.5. The zero-order valence-corrected chi connectivity index (χ0v) is 10.9. The van der Waals surface area contributed by atoms with Crippen LogP contribution < -0.4 is 4.90 Å². The molecule has 0 spiro atoms. The van der Waals surface area contributed by atoms with Gasteiger partial charge in [-0.2, -0.15) is 13.2 Å². The standard InChI is InChI=1S/C11H12F3NO3S/c1-17-10(16)7-6-8(11(12,13)14)19-9(7)15-2-4-18-5-3-15/h6H,2-5H2,1H3. The molecule has 106 valence electrons. The van der Waals surface area contributed by atoms with Gasteiger partial charge >= 0.3 is 12.1 Å². The highest BCUT2D eigenvalue weighted by Crippen LogP contribution is 2.41. The van der Waals surface area contributed by atoms with Crippen molar-refractivity contribution in [3.63, 3.8) is 0 Å². The maximum atomic E-state index is 12.7. The lowest BCUT2D eigenvalue weighted by Gasteiger charge is -2.28. The zero-order valence-electron chi connectivity index (χ0n) is 10.1. The van der Waals surface area contributed by atoms with E-state index in [1.54, 1.807) is 4.90 Å². The lowest BCUT2D eigenvalue weighted by molar-refractivity contribution is -0.134. The fourth-order valence-electron chi connectivity index (χ4n) is 1.78. The predicted octanol–water partition coefficient (Wildman–Crippen LogP) is 2.39. The second kappa shape index (κ2) is 5.38. The van der Waals surface area contributed by atoms with Crippen LogP contribution in [0.15, 0.2) is 6.07 Å². The minimum Gasteiger partial charge on any atom is -0.465 e. The maximum absolute atomic E-state index is 12.7. The van der Waals surface area contributed by atoms with Crippen molar-refractivity contribution in [2.24, 2.45) is 0 Å². The van der Waals surface area contributed by atoms with Gasteiger partial charge in [0.15, 0.2) is 0 Å². The topological polar surface area (TPSA) is 38.8 Å². The van der Waals surface area contributed by atoms with E-state index in [4.69, 9.17) is 4.74 Å². The largest absolute Gasteiger partial charge is 0.465 e. The van der Waals surface area contributed by atoms with Crippen LogP contribution in [0, 0.1) is 0 Å². The van der Waals surface area contributed by atoms with Crippen LogP contribution >= 0.6 is 11.3 Å². The number of esters is 1. The fraction of sp³-hybridized carbons (Fsp3) is 0.545. The summed E-state index contributed by atoms with van der Waals surface area (Å²) in [5.74, 6) is -0.756. The van der Waals surface area contributed by atoms with Crippen LogP contribution in [0.5, 0.6) is 0 Å². The number of anilines is 1. The molecule has 8 heteroatoms. The van der Waals surface area contributed by atoms with Crippen molar-refractivity contribution in [1.82, 2.24) is 0 Å². The monoisotopic (exact) mass is 295 g/mol. The Hall–Kier alpha value is -1.28. The van der Waals surface area contributed by atoms with E-state index in [0.717, 1.165) is 13.2 Å². The van der Waals surface area contributed by atoms with Crippen LogP contribution in [0.25, 0.3) is 0 Å². The van der Waals surface area contributed by atoms with Crippen LogP contribution in [0.4, 0.5) is 18.2 Å². The van der Waals surface area contributed by atoms with E-state index in [0.29, 0.717) is 42.6 Å². The highest BCUT2D eigenvalue weighted by atomic mass is 32.1. The van der Waals surface area contributed by atoms with Crippen molar-refractivity contribution < 1.29 is 27.4 Å². The van der Waals surface area contributed by atoms with Crippen molar-refractivity contribution >= 4 is 22.3 Å². The average molecular weight is 295 g/mol. The Labute approximate surface area is 111 Å². The average Bonchev–Trinajstić information content (AvgIpc) is 2.83. The Morgan fingerprint density at radius 1 is 1.42 bits per heavy atom. The first-order chi connectivity index (χ1) is 8.93. The molecule has 2 rings (SSSR count). The first-order valence-electron chi connectivity index (χ1n) is 5.55. The van der Waals surface area contributed by atoms with Crippen LogP contribution in [0.1, 0.15) is 15.2 Å². The third kappa shape index (κ3) is 3.01. The molecule has 1 fully saturated rings. The number of ether oxygens (including phenoxy) is 2. The molecule has 0 aromatic carbocycles. The van der Waals surface area contributed by atoms with Crippen LogP contribution in [0.2, 0.25) is 0 Å². The molecule has 1 aliphatic heterocycles. The summed E-state index contributed by atoms with van der Waals surface area (Å²) in [5, 5.41) is 0.294. The molecule has 1 aromatic heterocycles. The van der Waals surface area contributed by atoms with E-state index in [1.807, 2.05) is 0 Å². The number of rotatable bonds is 2. The second-order valence-electron chi connectivity index (χ2n) is 3.92. The van der Waals surface area contributed by atoms with Gasteiger partial charge in [0, 0.05) is 13.1 Å². The molecule has 0 aliphatic carbocycles. The van der Waals surface area contributed by atoms with Gasteiger partial charge in [-0.25, -0.2) is 4.79 Å². The zero-order chi connectivity index (χ0) is 14.0. The molecule has 1 aromatic rings. The molecule has 1 saturated heterocycles. The summed E-state index contributed by atoms with van der Waals surface area (Å²) >= 11 is 0.561. The summed E-state index contributed by atoms with van der Waals surface area (Å²) < 4.78 is 47.9. The molecular formula is C11H12F3NO3S. The van der Waals surface area contributed by atoms with Crippen molar-refractivity contribution in [3.8, 4) is 0 Å². The van der Waals surface area contributed by atoms with Crippen molar-refractivity contribution in [2.45, 2.75) is 6.18 Å². The molecule has 0 atom stereocenters. The third-order valence-corrected chi connectivity index (χ3v) is 3.94. The van der Waals surface area contributed by atoms with Gasteiger partial charge in [0.05, 0.1) is 25.9 Å². The van der Waals surface area contributed by atoms with E-state index in [2.05, 4.69) is 4.74 Å². The number of morpholine rings is 1. The molecule has 0 N–H and O–H groups in total. The lowest BCUT2D eigenvalue weighted by Crippen LogP contribution is -2.36. The van der Waals surface area contributed by atoms with Gasteiger partial charge in [0.2, 0.25) is 0 Å². The molecule has 0 unspecified atom stereocenters. The van der Waals surface area contributed by atoms with E-state index in [-0.39, 0.29) is 5.56 Å². The number of halogens is 3. The number of carbonyl (C=O) groups is 1. The molecule has 0 radical (unpaired) electrons. The Kier molecular flexibility index (Phi) is 4.00. The van der Waals surface area contributed by atoms with Gasteiger partial charge < -0.3 is 14.4 Å². The number of nitrogens with zero attached hydrogens (tertiary/aromatic N) is 1. The van der Waals surface area contributed by atoms with E-state index in [1.165, 1.54) is 0 Å². The quantitative estimate of drug-likeness (QED) is 0.785. The first-order valence-corrected chi connectivity index (χ1v) is 6.37. The highest BCUT2D eigenvalue weighted by molar-refractivity contribution is 7.16. The van der Waals surface area contributed by atoms with Gasteiger partial charge in [-0.3, -0.25) is 0 Å². The summed E-state index contributed by atoms with van der Waals surface area (Å²) in [5.41, 5.74) is -0.0401. The van der Waals surface area contributed by atoms with Gasteiger partial charge in [-0.1, -0.05) is 0 Å². The van der Waals surface area contributed by atoms with Crippen molar-refractivity contribution in [2.75, 3.05) is 38.3 Å². The fourth-order valence-corrected chi connectivity index (χ4v) is 2.84. The van der Waals surface area contributed by atoms with Crippen molar-refractivity contribution in [3.05, 3.63) is 16.5 Å². The minimum atomic E-state index is -4.46.